The zero-order chi connectivity index (χ0) is 8.74. The Morgan fingerprint density at radius 3 is 2.00 bits per heavy atom. The highest BCUT2D eigenvalue weighted by Gasteiger charge is 2.04. The molecule has 0 aliphatic rings. The van der Waals surface area contributed by atoms with Crippen molar-refractivity contribution in [3.8, 4) is 0 Å². The van der Waals surface area contributed by atoms with Gasteiger partial charge in [-0.15, -0.1) is 0 Å². The van der Waals surface area contributed by atoms with Crippen molar-refractivity contribution in [1.29, 1.82) is 0 Å². The van der Waals surface area contributed by atoms with Crippen molar-refractivity contribution in [3.63, 3.8) is 0 Å². The molecular weight excluding hydrogens is 269 g/mol. The van der Waals surface area contributed by atoms with Crippen molar-refractivity contribution in [2.45, 2.75) is 0 Å². The predicted molar refractivity (Wildman–Crippen MR) is 45.6 cm³/mol. The SMILES string of the molecule is COCCOCC[N+](C)(C)C.[I-]. The van der Waals surface area contributed by atoms with Gasteiger partial charge < -0.3 is 37.9 Å². The number of methoxy groups -OCH3 is 1. The van der Waals surface area contributed by atoms with E-state index in [1.165, 1.54) is 0 Å². The average molecular weight is 289 g/mol. The minimum Gasteiger partial charge on any atom is -1.00 e. The second-order valence-corrected chi connectivity index (χ2v) is 3.62. The fourth-order valence-electron chi connectivity index (χ4n) is 0.583. The number of rotatable bonds is 6. The maximum absolute atomic E-state index is 5.31. The molecule has 3 nitrogen and oxygen atoms in total. The van der Waals surface area contributed by atoms with Crippen LogP contribution in [0.15, 0.2) is 0 Å². The Morgan fingerprint density at radius 1 is 1.00 bits per heavy atom. The summed E-state index contributed by atoms with van der Waals surface area (Å²) < 4.78 is 11.1. The number of hydrogen-bond donors (Lipinski definition) is 0. The minimum atomic E-state index is 0. The zero-order valence-corrected chi connectivity index (χ0v) is 10.6. The van der Waals surface area contributed by atoms with Crippen LogP contribution in [-0.4, -0.2) is 59.1 Å². The molecule has 0 aliphatic heterocycles. The largest absolute Gasteiger partial charge is 1.00 e. The summed E-state index contributed by atoms with van der Waals surface area (Å²) in [5, 5.41) is 0. The normalized spacial score (nSPS) is 11.0. The Balaban J connectivity index is 0. The minimum absolute atomic E-state index is 0. The zero-order valence-electron chi connectivity index (χ0n) is 8.47. The Labute approximate surface area is 92.6 Å². The summed E-state index contributed by atoms with van der Waals surface area (Å²) in [5.74, 6) is 0. The molecule has 0 aromatic rings. The number of quaternary nitrogens is 1. The van der Waals surface area contributed by atoms with Gasteiger partial charge >= 0.3 is 0 Å². The fourth-order valence-corrected chi connectivity index (χ4v) is 0.583. The molecule has 0 aliphatic carbocycles. The number of likely N-dealkylation sites (N-methyl/N-ethyl adjacent to an activating group) is 1. The molecule has 0 unspecified atom stereocenters. The van der Waals surface area contributed by atoms with Crippen LogP contribution in [-0.2, 0) is 9.47 Å². The van der Waals surface area contributed by atoms with E-state index in [4.69, 9.17) is 9.47 Å². The number of nitrogens with zero attached hydrogens (tertiary/aromatic N) is 1. The lowest BCUT2D eigenvalue weighted by Gasteiger charge is -2.23. The van der Waals surface area contributed by atoms with Gasteiger partial charge in [-0.25, -0.2) is 0 Å². The van der Waals surface area contributed by atoms with Gasteiger partial charge in [0, 0.05) is 7.11 Å². The average Bonchev–Trinajstić information content (AvgIpc) is 1.85. The van der Waals surface area contributed by atoms with Gasteiger partial charge in [0.15, 0.2) is 0 Å². The predicted octanol–water partition coefficient (Wildman–Crippen LogP) is -2.64. The summed E-state index contributed by atoms with van der Waals surface area (Å²) in [6.45, 7) is 3.25. The van der Waals surface area contributed by atoms with Gasteiger partial charge in [0.1, 0.15) is 6.54 Å². The van der Waals surface area contributed by atoms with E-state index >= 15 is 0 Å². The molecule has 0 fully saturated rings. The molecule has 0 saturated carbocycles. The van der Waals surface area contributed by atoms with Crippen LogP contribution in [0.1, 0.15) is 0 Å². The van der Waals surface area contributed by atoms with Crippen LogP contribution in [0.4, 0.5) is 0 Å². The van der Waals surface area contributed by atoms with E-state index in [2.05, 4.69) is 21.1 Å². The molecule has 0 N–H and O–H groups in total. The van der Waals surface area contributed by atoms with Crippen LogP contribution in [0.25, 0.3) is 0 Å². The lowest BCUT2D eigenvalue weighted by molar-refractivity contribution is -0.870. The first-order valence-corrected chi connectivity index (χ1v) is 3.93. The van der Waals surface area contributed by atoms with Crippen molar-refractivity contribution in [2.75, 3.05) is 54.6 Å². The van der Waals surface area contributed by atoms with Crippen molar-refractivity contribution in [2.24, 2.45) is 0 Å². The lowest BCUT2D eigenvalue weighted by atomic mass is 10.5. The summed E-state index contributed by atoms with van der Waals surface area (Å²) in [6, 6.07) is 0. The van der Waals surface area contributed by atoms with Gasteiger partial charge in [0.2, 0.25) is 0 Å². The lowest BCUT2D eigenvalue weighted by Crippen LogP contribution is -3.00. The van der Waals surface area contributed by atoms with E-state index in [1.54, 1.807) is 7.11 Å². The summed E-state index contributed by atoms with van der Waals surface area (Å²) in [6.07, 6.45) is 0. The highest BCUT2D eigenvalue weighted by molar-refractivity contribution is 4.30. The van der Waals surface area contributed by atoms with E-state index in [0.717, 1.165) is 17.6 Å². The quantitative estimate of drug-likeness (QED) is 0.302. The Bertz CT molecular complexity index is 93.5. The van der Waals surface area contributed by atoms with Crippen LogP contribution in [0.3, 0.4) is 0 Å². The Kier molecular flexibility index (Phi) is 10.3. The summed E-state index contributed by atoms with van der Waals surface area (Å²) in [4.78, 5) is 0. The first-order valence-electron chi connectivity index (χ1n) is 3.93. The molecule has 0 atom stereocenters. The fraction of sp³-hybridized carbons (Fsp3) is 1.00. The van der Waals surface area contributed by atoms with Crippen LogP contribution in [0.2, 0.25) is 0 Å². The van der Waals surface area contributed by atoms with Crippen LogP contribution >= 0.6 is 0 Å². The van der Waals surface area contributed by atoms with Crippen molar-refractivity contribution >= 4 is 0 Å². The maximum Gasteiger partial charge on any atom is 0.102 e. The second-order valence-electron chi connectivity index (χ2n) is 3.62. The summed E-state index contributed by atoms with van der Waals surface area (Å²) in [7, 11) is 8.14. The van der Waals surface area contributed by atoms with Crippen molar-refractivity contribution in [1.82, 2.24) is 0 Å². The van der Waals surface area contributed by atoms with Crippen LogP contribution in [0.5, 0.6) is 0 Å². The Morgan fingerprint density at radius 2 is 1.58 bits per heavy atom. The van der Waals surface area contributed by atoms with Gasteiger partial charge in [-0.2, -0.15) is 0 Å². The molecule has 0 aromatic heterocycles. The molecule has 0 saturated heterocycles. The molecule has 0 amide bonds. The topological polar surface area (TPSA) is 18.5 Å². The monoisotopic (exact) mass is 289 g/mol. The number of halogens is 1. The maximum atomic E-state index is 5.31. The summed E-state index contributed by atoms with van der Waals surface area (Å²) in [5.41, 5.74) is 0. The molecule has 4 heteroatoms. The first kappa shape index (κ1) is 15.1. The van der Waals surface area contributed by atoms with E-state index in [0.29, 0.717) is 13.2 Å². The standard InChI is InChI=1S/C8H20NO2.HI/c1-9(2,3)5-6-11-8-7-10-4;/h5-8H2,1-4H3;1H/q+1;/p-1. The molecule has 0 heterocycles. The third-order valence-electron chi connectivity index (χ3n) is 1.34. The molecule has 0 radical (unpaired) electrons. The molecule has 12 heavy (non-hydrogen) atoms. The van der Waals surface area contributed by atoms with E-state index < -0.39 is 0 Å². The van der Waals surface area contributed by atoms with Gasteiger partial charge in [-0.05, 0) is 0 Å². The van der Waals surface area contributed by atoms with Gasteiger partial charge in [0.25, 0.3) is 0 Å². The van der Waals surface area contributed by atoms with Crippen LogP contribution < -0.4 is 24.0 Å². The molecule has 0 aromatic carbocycles. The molecule has 0 bridgehead atoms. The molecule has 0 spiro atoms. The van der Waals surface area contributed by atoms with Gasteiger partial charge in [-0.3, -0.25) is 0 Å². The van der Waals surface area contributed by atoms with Gasteiger partial charge in [-0.1, -0.05) is 0 Å². The van der Waals surface area contributed by atoms with E-state index in [-0.39, 0.29) is 24.0 Å². The van der Waals surface area contributed by atoms with Crippen molar-refractivity contribution < 1.29 is 37.9 Å². The third-order valence-corrected chi connectivity index (χ3v) is 1.34. The van der Waals surface area contributed by atoms with E-state index in [9.17, 15) is 0 Å². The number of ether oxygens (including phenoxy) is 2. The molecule has 0 rings (SSSR count). The summed E-state index contributed by atoms with van der Waals surface area (Å²) >= 11 is 0. The van der Waals surface area contributed by atoms with E-state index in [1.807, 2.05) is 0 Å². The van der Waals surface area contributed by atoms with Crippen LogP contribution in [0, 0.1) is 0 Å². The molecule has 76 valence electrons. The highest BCUT2D eigenvalue weighted by atomic mass is 127. The molecular formula is C8H20INO2. The number of hydrogen-bond acceptors (Lipinski definition) is 2. The second kappa shape index (κ2) is 8.22. The smallest absolute Gasteiger partial charge is 0.102 e. The Hall–Kier alpha value is 0.610. The first-order chi connectivity index (χ1) is 5.06. The van der Waals surface area contributed by atoms with Crippen molar-refractivity contribution in [3.05, 3.63) is 0 Å². The van der Waals surface area contributed by atoms with Gasteiger partial charge in [0.05, 0.1) is 41.0 Å². The third kappa shape index (κ3) is 13.2. The highest BCUT2D eigenvalue weighted by Crippen LogP contribution is 1.88.